The molecule has 0 saturated carbocycles. The van der Waals surface area contributed by atoms with Crippen LogP contribution in [0.15, 0.2) is 42.5 Å². The van der Waals surface area contributed by atoms with Gasteiger partial charge in [-0.2, -0.15) is 5.26 Å². The Balaban J connectivity index is 1.72. The number of Topliss-reactive ketones (excluding diaryl/α,β-unsaturated/α-hetero) is 1. The van der Waals surface area contributed by atoms with Gasteiger partial charge in [0.1, 0.15) is 0 Å². The number of rotatable bonds is 6. The van der Waals surface area contributed by atoms with Gasteiger partial charge in [-0.1, -0.05) is 24.3 Å². The lowest BCUT2D eigenvalue weighted by atomic mass is 10.1. The van der Waals surface area contributed by atoms with Crippen molar-refractivity contribution in [2.75, 3.05) is 11.9 Å². The molecule has 1 amide bonds. The third-order valence-electron chi connectivity index (χ3n) is 4.55. The molecular weight excluding hydrogens is 326 g/mol. The fourth-order valence-electron chi connectivity index (χ4n) is 3.19. The number of nitrogens with zero attached hydrogens (tertiary/aromatic N) is 2. The maximum atomic E-state index is 11.8. The summed E-state index contributed by atoms with van der Waals surface area (Å²) < 4.78 is 0. The van der Waals surface area contributed by atoms with Gasteiger partial charge in [-0.15, -0.1) is 0 Å². The highest BCUT2D eigenvalue weighted by Gasteiger charge is 2.19. The van der Waals surface area contributed by atoms with Gasteiger partial charge in [0.2, 0.25) is 5.91 Å². The van der Waals surface area contributed by atoms with E-state index < -0.39 is 0 Å². The first-order valence-electron chi connectivity index (χ1n) is 8.71. The standard InChI is InChI=1S/C21H21N3O2/c1-15(25)19-8-7-16(12-22)11-20(19)23-13-17-4-2-5-18(10-17)14-24-9-3-6-21(24)26/h2,4-5,7-8,10-11,23H,3,6,9,13-14H2,1H3. The topological polar surface area (TPSA) is 73.2 Å². The first-order valence-corrected chi connectivity index (χ1v) is 8.71. The maximum absolute atomic E-state index is 11.8. The van der Waals surface area contributed by atoms with Crippen molar-refractivity contribution in [1.29, 1.82) is 5.26 Å². The summed E-state index contributed by atoms with van der Waals surface area (Å²) in [5.74, 6) is 0.172. The average Bonchev–Trinajstić information content (AvgIpc) is 3.04. The first kappa shape index (κ1) is 17.7. The zero-order valence-electron chi connectivity index (χ0n) is 14.8. The van der Waals surface area contributed by atoms with Gasteiger partial charge in [0.05, 0.1) is 11.6 Å². The molecule has 132 valence electrons. The van der Waals surface area contributed by atoms with E-state index in [0.717, 1.165) is 24.1 Å². The number of benzene rings is 2. The van der Waals surface area contributed by atoms with E-state index in [4.69, 9.17) is 5.26 Å². The van der Waals surface area contributed by atoms with Crippen molar-refractivity contribution in [3.05, 3.63) is 64.7 Å². The van der Waals surface area contributed by atoms with Gasteiger partial charge in [-0.05, 0) is 42.7 Å². The Morgan fingerprint density at radius 1 is 1.23 bits per heavy atom. The van der Waals surface area contributed by atoms with Crippen LogP contribution in [0, 0.1) is 11.3 Å². The molecule has 0 radical (unpaired) electrons. The number of ketones is 1. The molecule has 26 heavy (non-hydrogen) atoms. The molecule has 2 aromatic rings. The van der Waals surface area contributed by atoms with Gasteiger partial charge in [0.15, 0.2) is 5.78 Å². The fraction of sp³-hybridized carbons (Fsp3) is 0.286. The molecule has 0 aliphatic carbocycles. The molecule has 1 N–H and O–H groups in total. The number of carbonyl (C=O) groups excluding carboxylic acids is 2. The lowest BCUT2D eigenvalue weighted by Crippen LogP contribution is -2.23. The fourth-order valence-corrected chi connectivity index (χ4v) is 3.19. The van der Waals surface area contributed by atoms with E-state index in [2.05, 4.69) is 17.5 Å². The summed E-state index contributed by atoms with van der Waals surface area (Å²) in [5.41, 5.74) is 3.90. The number of anilines is 1. The normalized spacial score (nSPS) is 13.5. The minimum atomic E-state index is -0.0433. The number of likely N-dealkylation sites (tertiary alicyclic amines) is 1. The van der Waals surface area contributed by atoms with E-state index in [1.54, 1.807) is 18.2 Å². The molecule has 5 heteroatoms. The quantitative estimate of drug-likeness (QED) is 0.812. The number of carbonyl (C=O) groups is 2. The molecular formula is C21H21N3O2. The van der Waals surface area contributed by atoms with Gasteiger partial charge in [0.25, 0.3) is 0 Å². The predicted octanol–water partition coefficient (Wildman–Crippen LogP) is 3.50. The van der Waals surface area contributed by atoms with Crippen LogP contribution in [0.25, 0.3) is 0 Å². The summed E-state index contributed by atoms with van der Waals surface area (Å²) >= 11 is 0. The molecule has 1 fully saturated rings. The van der Waals surface area contributed by atoms with Crippen LogP contribution in [-0.4, -0.2) is 23.1 Å². The number of amides is 1. The van der Waals surface area contributed by atoms with E-state index in [1.165, 1.54) is 6.92 Å². The maximum Gasteiger partial charge on any atom is 0.222 e. The van der Waals surface area contributed by atoms with Crippen molar-refractivity contribution in [2.45, 2.75) is 32.9 Å². The van der Waals surface area contributed by atoms with E-state index in [0.29, 0.717) is 36.3 Å². The third-order valence-corrected chi connectivity index (χ3v) is 4.55. The second kappa shape index (κ2) is 7.83. The lowest BCUT2D eigenvalue weighted by molar-refractivity contribution is -0.128. The summed E-state index contributed by atoms with van der Waals surface area (Å²) in [6.45, 7) is 3.51. The Labute approximate surface area is 153 Å². The second-order valence-electron chi connectivity index (χ2n) is 6.52. The molecule has 0 atom stereocenters. The van der Waals surface area contributed by atoms with E-state index in [9.17, 15) is 9.59 Å². The first-order chi connectivity index (χ1) is 12.6. The van der Waals surface area contributed by atoms with Crippen LogP contribution in [0.2, 0.25) is 0 Å². The zero-order chi connectivity index (χ0) is 18.5. The van der Waals surface area contributed by atoms with Gasteiger partial charge < -0.3 is 10.2 Å². The highest BCUT2D eigenvalue weighted by atomic mass is 16.2. The largest absolute Gasteiger partial charge is 0.380 e. The van der Waals surface area contributed by atoms with Crippen LogP contribution in [0.5, 0.6) is 0 Å². The van der Waals surface area contributed by atoms with Crippen LogP contribution in [0.3, 0.4) is 0 Å². The van der Waals surface area contributed by atoms with Crippen LogP contribution < -0.4 is 5.32 Å². The minimum Gasteiger partial charge on any atom is -0.380 e. The molecule has 1 heterocycles. The molecule has 5 nitrogen and oxygen atoms in total. The molecule has 0 unspecified atom stereocenters. The number of hydrogen-bond acceptors (Lipinski definition) is 4. The Morgan fingerprint density at radius 3 is 2.73 bits per heavy atom. The lowest BCUT2D eigenvalue weighted by Gasteiger charge is -2.16. The Kier molecular flexibility index (Phi) is 5.33. The molecule has 1 aliphatic rings. The zero-order valence-corrected chi connectivity index (χ0v) is 14.8. The van der Waals surface area contributed by atoms with Crippen LogP contribution in [0.1, 0.15) is 46.8 Å². The van der Waals surface area contributed by atoms with E-state index in [-0.39, 0.29) is 11.7 Å². The summed E-state index contributed by atoms with van der Waals surface area (Å²) in [4.78, 5) is 25.5. The Hall–Kier alpha value is -3.13. The van der Waals surface area contributed by atoms with Crippen molar-refractivity contribution >= 4 is 17.4 Å². The van der Waals surface area contributed by atoms with Crippen molar-refractivity contribution in [3.8, 4) is 6.07 Å². The number of nitriles is 1. The Morgan fingerprint density at radius 2 is 2.04 bits per heavy atom. The van der Waals surface area contributed by atoms with Crippen molar-refractivity contribution in [1.82, 2.24) is 4.90 Å². The Bertz CT molecular complexity index is 883. The second-order valence-corrected chi connectivity index (χ2v) is 6.52. The van der Waals surface area contributed by atoms with Gasteiger partial charge in [-0.25, -0.2) is 0 Å². The third kappa shape index (κ3) is 4.09. The molecule has 3 rings (SSSR count). The molecule has 0 spiro atoms. The molecule has 1 saturated heterocycles. The summed E-state index contributed by atoms with van der Waals surface area (Å²) in [6, 6.07) is 15.2. The predicted molar refractivity (Wildman–Crippen MR) is 99.6 cm³/mol. The smallest absolute Gasteiger partial charge is 0.222 e. The monoisotopic (exact) mass is 347 g/mol. The van der Waals surface area contributed by atoms with Gasteiger partial charge in [0, 0.05) is 37.3 Å². The molecule has 0 bridgehead atoms. The summed E-state index contributed by atoms with van der Waals surface area (Å²) in [6.07, 6.45) is 1.58. The summed E-state index contributed by atoms with van der Waals surface area (Å²) in [7, 11) is 0. The minimum absolute atomic E-state index is 0.0433. The van der Waals surface area contributed by atoms with Crippen LogP contribution in [0.4, 0.5) is 5.69 Å². The van der Waals surface area contributed by atoms with Crippen molar-refractivity contribution in [3.63, 3.8) is 0 Å². The van der Waals surface area contributed by atoms with E-state index >= 15 is 0 Å². The molecule has 1 aliphatic heterocycles. The van der Waals surface area contributed by atoms with Crippen molar-refractivity contribution < 1.29 is 9.59 Å². The highest BCUT2D eigenvalue weighted by molar-refractivity contribution is 5.99. The molecule has 0 aromatic heterocycles. The van der Waals surface area contributed by atoms with E-state index in [1.807, 2.05) is 23.1 Å². The highest BCUT2D eigenvalue weighted by Crippen LogP contribution is 2.20. The van der Waals surface area contributed by atoms with Crippen LogP contribution >= 0.6 is 0 Å². The number of hydrogen-bond donors (Lipinski definition) is 1. The van der Waals surface area contributed by atoms with Crippen molar-refractivity contribution in [2.24, 2.45) is 0 Å². The van der Waals surface area contributed by atoms with Gasteiger partial charge in [-0.3, -0.25) is 9.59 Å². The summed E-state index contributed by atoms with van der Waals surface area (Å²) in [5, 5.41) is 12.3. The SMILES string of the molecule is CC(=O)c1ccc(C#N)cc1NCc1cccc(CN2CCCC2=O)c1. The van der Waals surface area contributed by atoms with Crippen LogP contribution in [-0.2, 0) is 17.9 Å². The number of nitrogens with one attached hydrogen (secondary N) is 1. The molecule has 2 aromatic carbocycles. The van der Waals surface area contributed by atoms with Gasteiger partial charge >= 0.3 is 0 Å². The average molecular weight is 347 g/mol.